The van der Waals surface area contributed by atoms with E-state index in [0.29, 0.717) is 12.0 Å². The van der Waals surface area contributed by atoms with Crippen molar-refractivity contribution in [3.05, 3.63) is 101 Å². The van der Waals surface area contributed by atoms with E-state index in [-0.39, 0.29) is 23.8 Å². The Morgan fingerprint density at radius 1 is 0.946 bits per heavy atom. The predicted molar refractivity (Wildman–Crippen MR) is 140 cm³/mol. The van der Waals surface area contributed by atoms with Gasteiger partial charge in [-0.3, -0.25) is 4.90 Å². The average molecular weight is 529 g/mol. The first-order valence-corrected chi connectivity index (χ1v) is 13.6. The number of hydrogen-bond acceptors (Lipinski definition) is 4. The van der Waals surface area contributed by atoms with Crippen LogP contribution in [-0.2, 0) is 29.4 Å². The molecular weight excluding hydrogens is 495 g/mol. The summed E-state index contributed by atoms with van der Waals surface area (Å²) in [4.78, 5) is 13.3. The number of hydrogen-bond donors (Lipinski definition) is 3. The maximum absolute atomic E-state index is 13.8. The van der Waals surface area contributed by atoms with E-state index in [1.807, 2.05) is 50.2 Å². The molecule has 2 atom stereocenters. The molecule has 0 unspecified atom stereocenters. The highest BCUT2D eigenvalue weighted by Crippen LogP contribution is 2.22. The summed E-state index contributed by atoms with van der Waals surface area (Å²) >= 11 is 0. The van der Waals surface area contributed by atoms with E-state index >= 15 is 0 Å². The Hall–Kier alpha value is -3.27. The molecule has 9 heteroatoms. The highest BCUT2D eigenvalue weighted by atomic mass is 32.2. The summed E-state index contributed by atoms with van der Waals surface area (Å²) in [5.41, 5.74) is 1.88. The summed E-state index contributed by atoms with van der Waals surface area (Å²) < 4.78 is 42.6. The number of nitrogens with one attached hydrogen (secondary N) is 1. The van der Waals surface area contributed by atoms with Crippen LogP contribution in [0.25, 0.3) is 0 Å². The molecule has 0 saturated heterocycles. The monoisotopic (exact) mass is 528 g/mol. The second kappa shape index (κ2) is 12.8. The summed E-state index contributed by atoms with van der Waals surface area (Å²) in [6.07, 6.45) is -2.05. The number of benzene rings is 3. The SMILES string of the molecule is CC(C)Cc1cc(F)ccc1S(=O)(=O)NC[C@@H](O)[C@H](Cc1ccccc1)N(Cc1ccccc1)C(=O)O. The van der Waals surface area contributed by atoms with Gasteiger partial charge in [0.2, 0.25) is 10.0 Å². The van der Waals surface area contributed by atoms with Gasteiger partial charge in [-0.05, 0) is 53.6 Å². The lowest BCUT2D eigenvalue weighted by Crippen LogP contribution is -2.51. The minimum absolute atomic E-state index is 0.0218. The number of aliphatic hydroxyl groups excluding tert-OH is 1. The van der Waals surface area contributed by atoms with E-state index in [1.54, 1.807) is 24.3 Å². The number of nitrogens with zero attached hydrogens (tertiary/aromatic N) is 1. The molecule has 1 amide bonds. The van der Waals surface area contributed by atoms with Crippen LogP contribution in [0.4, 0.5) is 9.18 Å². The molecule has 37 heavy (non-hydrogen) atoms. The van der Waals surface area contributed by atoms with Gasteiger partial charge >= 0.3 is 6.09 Å². The van der Waals surface area contributed by atoms with E-state index in [4.69, 9.17) is 0 Å². The molecule has 0 saturated carbocycles. The van der Waals surface area contributed by atoms with Crippen LogP contribution in [0.3, 0.4) is 0 Å². The molecule has 198 valence electrons. The van der Waals surface area contributed by atoms with Crippen molar-refractivity contribution in [3.63, 3.8) is 0 Å². The number of aliphatic hydroxyl groups is 1. The topological polar surface area (TPSA) is 107 Å². The van der Waals surface area contributed by atoms with Crippen LogP contribution in [0.2, 0.25) is 0 Å². The fourth-order valence-corrected chi connectivity index (χ4v) is 5.52. The van der Waals surface area contributed by atoms with E-state index in [9.17, 15) is 27.8 Å². The lowest BCUT2D eigenvalue weighted by atomic mass is 9.99. The Bertz CT molecular complexity index is 1270. The molecule has 0 aliphatic rings. The van der Waals surface area contributed by atoms with Crippen LogP contribution in [-0.4, -0.2) is 48.3 Å². The van der Waals surface area contributed by atoms with Crippen LogP contribution in [0.1, 0.15) is 30.5 Å². The molecule has 0 aromatic heterocycles. The first-order chi connectivity index (χ1) is 17.6. The molecule has 0 bridgehead atoms. The zero-order valence-corrected chi connectivity index (χ0v) is 21.7. The first-order valence-electron chi connectivity index (χ1n) is 12.1. The fraction of sp³-hybridized carbons (Fsp3) is 0.321. The van der Waals surface area contributed by atoms with Crippen LogP contribution >= 0.6 is 0 Å². The highest BCUT2D eigenvalue weighted by Gasteiger charge is 2.31. The van der Waals surface area contributed by atoms with E-state index in [2.05, 4.69) is 4.72 Å². The van der Waals surface area contributed by atoms with E-state index < -0.39 is 40.6 Å². The Balaban J connectivity index is 1.86. The van der Waals surface area contributed by atoms with Crippen molar-refractivity contribution in [1.29, 1.82) is 0 Å². The molecule has 0 radical (unpaired) electrons. The smallest absolute Gasteiger partial charge is 0.407 e. The van der Waals surface area contributed by atoms with Crippen LogP contribution in [0.5, 0.6) is 0 Å². The summed E-state index contributed by atoms with van der Waals surface area (Å²) in [5, 5.41) is 21.2. The minimum Gasteiger partial charge on any atom is -0.465 e. The van der Waals surface area contributed by atoms with Gasteiger partial charge in [0.25, 0.3) is 0 Å². The Kier molecular flexibility index (Phi) is 9.79. The van der Waals surface area contributed by atoms with E-state index in [0.717, 1.165) is 22.1 Å². The molecule has 3 rings (SSSR count). The second-order valence-electron chi connectivity index (χ2n) is 9.42. The van der Waals surface area contributed by atoms with Crippen molar-refractivity contribution in [1.82, 2.24) is 9.62 Å². The Labute approximate surface area is 217 Å². The van der Waals surface area contributed by atoms with Gasteiger partial charge in [0.15, 0.2) is 0 Å². The Morgan fingerprint density at radius 3 is 2.11 bits per heavy atom. The largest absolute Gasteiger partial charge is 0.465 e. The molecule has 3 aromatic carbocycles. The lowest BCUT2D eigenvalue weighted by molar-refractivity contribution is 0.0469. The van der Waals surface area contributed by atoms with Gasteiger partial charge in [-0.15, -0.1) is 0 Å². The molecule has 3 aromatic rings. The maximum atomic E-state index is 13.8. The van der Waals surface area contributed by atoms with Crippen molar-refractivity contribution in [2.24, 2.45) is 5.92 Å². The van der Waals surface area contributed by atoms with Crippen LogP contribution in [0, 0.1) is 11.7 Å². The summed E-state index contributed by atoms with van der Waals surface area (Å²) in [6.45, 7) is 3.41. The van der Waals surface area contributed by atoms with Crippen molar-refractivity contribution in [2.45, 2.75) is 50.3 Å². The van der Waals surface area contributed by atoms with Crippen molar-refractivity contribution < 1.29 is 27.8 Å². The van der Waals surface area contributed by atoms with Crippen LogP contribution < -0.4 is 4.72 Å². The lowest BCUT2D eigenvalue weighted by Gasteiger charge is -2.33. The standard InChI is InChI=1S/C28H33FN2O5S/c1-20(2)15-23-17-24(29)13-14-27(23)37(35,36)30-18-26(32)25(16-21-9-5-3-6-10-21)31(28(33)34)19-22-11-7-4-8-12-22/h3-14,17,20,25-26,30,32H,15-16,18-19H2,1-2H3,(H,33,34)/t25-,26+/m0/s1. The average Bonchev–Trinajstić information content (AvgIpc) is 2.85. The normalized spacial score (nSPS) is 13.3. The summed E-state index contributed by atoms with van der Waals surface area (Å²) in [7, 11) is -4.10. The van der Waals surface area contributed by atoms with Gasteiger partial charge in [-0.1, -0.05) is 74.5 Å². The Morgan fingerprint density at radius 2 is 1.54 bits per heavy atom. The van der Waals surface area contributed by atoms with Crippen LogP contribution in [0.15, 0.2) is 83.8 Å². The van der Waals surface area contributed by atoms with Gasteiger partial charge in [0.05, 0.1) is 17.0 Å². The number of amides is 1. The van der Waals surface area contributed by atoms with Gasteiger partial charge in [0.1, 0.15) is 5.82 Å². The fourth-order valence-electron chi connectivity index (χ4n) is 4.23. The molecule has 0 aliphatic carbocycles. The number of rotatable bonds is 12. The van der Waals surface area contributed by atoms with Crippen molar-refractivity contribution in [2.75, 3.05) is 6.54 Å². The number of carbonyl (C=O) groups is 1. The van der Waals surface area contributed by atoms with Gasteiger partial charge in [0, 0.05) is 13.1 Å². The zero-order chi connectivity index (χ0) is 27.0. The third kappa shape index (κ3) is 8.11. The number of carboxylic acid groups (broad SMARTS) is 1. The molecule has 3 N–H and O–H groups in total. The molecule has 7 nitrogen and oxygen atoms in total. The van der Waals surface area contributed by atoms with Gasteiger partial charge < -0.3 is 10.2 Å². The number of sulfonamides is 1. The maximum Gasteiger partial charge on any atom is 0.407 e. The number of halogens is 1. The minimum atomic E-state index is -4.10. The van der Waals surface area contributed by atoms with Crippen molar-refractivity contribution >= 4 is 16.1 Å². The molecule has 0 fully saturated rings. The quantitative estimate of drug-likeness (QED) is 0.322. The van der Waals surface area contributed by atoms with Gasteiger partial charge in [-0.2, -0.15) is 0 Å². The molecule has 0 spiro atoms. The second-order valence-corrected chi connectivity index (χ2v) is 11.2. The first kappa shape index (κ1) is 28.3. The zero-order valence-electron chi connectivity index (χ0n) is 20.9. The summed E-state index contributed by atoms with van der Waals surface area (Å²) in [6, 6.07) is 20.7. The molecular formula is C28H33FN2O5S. The predicted octanol–water partition coefficient (Wildman–Crippen LogP) is 4.45. The third-order valence-electron chi connectivity index (χ3n) is 6.00. The third-order valence-corrected chi connectivity index (χ3v) is 7.52. The van der Waals surface area contributed by atoms with Gasteiger partial charge in [-0.25, -0.2) is 22.3 Å². The van der Waals surface area contributed by atoms with E-state index in [1.165, 1.54) is 12.1 Å². The summed E-state index contributed by atoms with van der Waals surface area (Å²) in [5.74, 6) is -0.436. The highest BCUT2D eigenvalue weighted by molar-refractivity contribution is 7.89. The molecule has 0 heterocycles. The molecule has 0 aliphatic heterocycles. The van der Waals surface area contributed by atoms with Crippen molar-refractivity contribution in [3.8, 4) is 0 Å².